The molecule has 2 heterocycles. The van der Waals surface area contributed by atoms with Crippen LogP contribution in [0.1, 0.15) is 33.9 Å². The molecule has 3 rings (SSSR count). The van der Waals surface area contributed by atoms with E-state index in [1.54, 1.807) is 4.68 Å². The quantitative estimate of drug-likeness (QED) is 0.916. The topological polar surface area (TPSA) is 53.4 Å². The monoisotopic (exact) mass is 355 g/mol. The average Bonchev–Trinajstić information content (AvgIpc) is 3.00. The van der Waals surface area contributed by atoms with Crippen molar-refractivity contribution in [2.24, 2.45) is 7.05 Å². The molecule has 6 heteroatoms. The number of aryl methyl sites for hydroxylation is 3. The van der Waals surface area contributed by atoms with Crippen LogP contribution in [-0.4, -0.2) is 52.8 Å². The third-order valence-corrected chi connectivity index (χ3v) is 5.18. The van der Waals surface area contributed by atoms with E-state index in [0.29, 0.717) is 13.1 Å². The molecule has 0 fully saturated rings. The van der Waals surface area contributed by atoms with Crippen molar-refractivity contribution in [3.05, 3.63) is 52.3 Å². The van der Waals surface area contributed by atoms with Gasteiger partial charge in [-0.25, -0.2) is 4.79 Å². The number of carbonyl (C=O) groups is 1. The van der Waals surface area contributed by atoms with Gasteiger partial charge in [0.1, 0.15) is 0 Å². The Kier molecular flexibility index (Phi) is 5.32. The maximum atomic E-state index is 12.7. The first-order chi connectivity index (χ1) is 12.3. The number of likely N-dealkylation sites (N-methyl/N-ethyl adjacent to an activating group) is 1. The minimum Gasteiger partial charge on any atom is -0.336 e. The molecule has 2 amide bonds. The highest BCUT2D eigenvalue weighted by molar-refractivity contribution is 5.74. The molecule has 1 unspecified atom stereocenters. The summed E-state index contributed by atoms with van der Waals surface area (Å²) in [7, 11) is 5.95. The summed E-state index contributed by atoms with van der Waals surface area (Å²) in [5.74, 6) is 0. The van der Waals surface area contributed by atoms with Crippen molar-refractivity contribution in [3.8, 4) is 0 Å². The van der Waals surface area contributed by atoms with Crippen LogP contribution in [0.5, 0.6) is 0 Å². The molecule has 1 aromatic heterocycles. The van der Waals surface area contributed by atoms with Crippen molar-refractivity contribution in [1.29, 1.82) is 0 Å². The number of rotatable bonds is 4. The Morgan fingerprint density at radius 2 is 2.12 bits per heavy atom. The Labute approximate surface area is 155 Å². The number of nitrogens with zero attached hydrogens (tertiary/aromatic N) is 4. The van der Waals surface area contributed by atoms with Gasteiger partial charge in [0.05, 0.1) is 12.2 Å². The largest absolute Gasteiger partial charge is 0.336 e. The third-order valence-electron chi connectivity index (χ3n) is 5.18. The molecule has 1 aliphatic rings. The Hall–Kier alpha value is -2.34. The SMILES string of the molecule is Cc1cc(C)c2c(c1)CCN(C(=O)NCC(c1cnn(C)c1)N(C)C)C2. The van der Waals surface area contributed by atoms with Crippen LogP contribution in [0.2, 0.25) is 0 Å². The lowest BCUT2D eigenvalue weighted by Gasteiger charge is -2.31. The zero-order chi connectivity index (χ0) is 18.8. The summed E-state index contributed by atoms with van der Waals surface area (Å²) in [6, 6.07) is 4.56. The summed E-state index contributed by atoms with van der Waals surface area (Å²) in [6.45, 7) is 6.28. The molecule has 0 bridgehead atoms. The number of hydrogen-bond acceptors (Lipinski definition) is 3. The first-order valence-electron chi connectivity index (χ1n) is 9.12. The van der Waals surface area contributed by atoms with E-state index in [0.717, 1.165) is 18.5 Å². The van der Waals surface area contributed by atoms with Gasteiger partial charge in [-0.15, -0.1) is 0 Å². The number of amides is 2. The van der Waals surface area contributed by atoms with Crippen molar-refractivity contribution in [2.45, 2.75) is 32.9 Å². The van der Waals surface area contributed by atoms with Gasteiger partial charge in [-0.3, -0.25) is 4.68 Å². The third kappa shape index (κ3) is 3.90. The molecule has 26 heavy (non-hydrogen) atoms. The van der Waals surface area contributed by atoms with E-state index < -0.39 is 0 Å². The molecule has 1 aromatic carbocycles. The van der Waals surface area contributed by atoms with Gasteiger partial charge in [-0.2, -0.15) is 5.10 Å². The Balaban J connectivity index is 1.65. The molecule has 0 spiro atoms. The van der Waals surface area contributed by atoms with Gasteiger partial charge in [0.25, 0.3) is 0 Å². The number of aromatic nitrogens is 2. The summed E-state index contributed by atoms with van der Waals surface area (Å²) < 4.78 is 1.79. The first kappa shape index (κ1) is 18.5. The molecule has 1 aliphatic heterocycles. The number of urea groups is 1. The lowest BCUT2D eigenvalue weighted by Crippen LogP contribution is -2.45. The highest BCUT2D eigenvalue weighted by Gasteiger charge is 2.23. The molecule has 0 aliphatic carbocycles. The van der Waals surface area contributed by atoms with Crippen molar-refractivity contribution in [1.82, 2.24) is 24.9 Å². The molecule has 0 saturated carbocycles. The molecule has 1 atom stereocenters. The van der Waals surface area contributed by atoms with Crippen molar-refractivity contribution in [3.63, 3.8) is 0 Å². The second-order valence-electron chi connectivity index (χ2n) is 7.50. The maximum Gasteiger partial charge on any atom is 0.317 e. The first-order valence-corrected chi connectivity index (χ1v) is 9.12. The molecule has 0 saturated heterocycles. The molecule has 6 nitrogen and oxygen atoms in total. The summed E-state index contributed by atoms with van der Waals surface area (Å²) >= 11 is 0. The van der Waals surface area contributed by atoms with Gasteiger partial charge in [-0.05, 0) is 51.1 Å². The lowest BCUT2D eigenvalue weighted by molar-refractivity contribution is 0.187. The lowest BCUT2D eigenvalue weighted by atomic mass is 9.93. The van der Waals surface area contributed by atoms with Crippen molar-refractivity contribution in [2.75, 3.05) is 27.2 Å². The Bertz CT molecular complexity index is 795. The van der Waals surface area contributed by atoms with Crippen LogP contribution < -0.4 is 5.32 Å². The minimum absolute atomic E-state index is 0.00589. The van der Waals surface area contributed by atoms with E-state index >= 15 is 0 Å². The van der Waals surface area contributed by atoms with Crippen LogP contribution in [-0.2, 0) is 20.0 Å². The smallest absolute Gasteiger partial charge is 0.317 e. The number of hydrogen-bond donors (Lipinski definition) is 1. The molecule has 0 radical (unpaired) electrons. The van der Waals surface area contributed by atoms with Crippen LogP contribution in [0.4, 0.5) is 4.79 Å². The number of carbonyl (C=O) groups excluding carboxylic acids is 1. The van der Waals surface area contributed by atoms with Gasteiger partial charge < -0.3 is 15.1 Å². The van der Waals surface area contributed by atoms with Gasteiger partial charge in [0, 0.05) is 38.4 Å². The number of fused-ring (bicyclic) bond motifs is 1. The normalized spacial score (nSPS) is 15.1. The zero-order valence-corrected chi connectivity index (χ0v) is 16.4. The molecule has 2 aromatic rings. The van der Waals surface area contributed by atoms with Gasteiger partial charge in [0.2, 0.25) is 0 Å². The minimum atomic E-state index is 0.00589. The second kappa shape index (κ2) is 7.50. The van der Waals surface area contributed by atoms with E-state index in [1.807, 2.05) is 38.4 Å². The molecule has 140 valence electrons. The molecular weight excluding hydrogens is 326 g/mol. The van der Waals surface area contributed by atoms with E-state index in [-0.39, 0.29) is 12.1 Å². The second-order valence-corrected chi connectivity index (χ2v) is 7.50. The van der Waals surface area contributed by atoms with Gasteiger partial charge in [-0.1, -0.05) is 17.7 Å². The van der Waals surface area contributed by atoms with Gasteiger partial charge in [0.15, 0.2) is 0 Å². The average molecular weight is 355 g/mol. The predicted octanol–water partition coefficient (Wildman–Crippen LogP) is 2.41. The highest BCUT2D eigenvalue weighted by atomic mass is 16.2. The fourth-order valence-electron chi connectivity index (χ4n) is 3.74. The highest BCUT2D eigenvalue weighted by Crippen LogP contribution is 2.24. The predicted molar refractivity (Wildman–Crippen MR) is 103 cm³/mol. The van der Waals surface area contributed by atoms with Crippen LogP contribution in [0.15, 0.2) is 24.5 Å². The maximum absolute atomic E-state index is 12.7. The Morgan fingerprint density at radius 3 is 2.77 bits per heavy atom. The fraction of sp³-hybridized carbons (Fsp3) is 0.500. The summed E-state index contributed by atoms with van der Waals surface area (Å²) in [4.78, 5) is 16.7. The zero-order valence-electron chi connectivity index (χ0n) is 16.4. The van der Waals surface area contributed by atoms with Crippen LogP contribution >= 0.6 is 0 Å². The van der Waals surface area contributed by atoms with Gasteiger partial charge >= 0.3 is 6.03 Å². The fourth-order valence-corrected chi connectivity index (χ4v) is 3.74. The van der Waals surface area contributed by atoms with E-state index in [1.165, 1.54) is 22.3 Å². The Morgan fingerprint density at radius 1 is 1.35 bits per heavy atom. The van der Waals surface area contributed by atoms with E-state index in [4.69, 9.17) is 0 Å². The number of nitrogens with one attached hydrogen (secondary N) is 1. The van der Waals surface area contributed by atoms with E-state index in [9.17, 15) is 4.79 Å². The standard InChI is InChI=1S/C20H29N5O/c1-14-8-15(2)18-13-25(7-6-16(18)9-14)20(26)21-11-19(23(3)4)17-10-22-24(5)12-17/h8-10,12,19H,6-7,11,13H2,1-5H3,(H,21,26). The summed E-state index contributed by atoms with van der Waals surface area (Å²) in [6.07, 6.45) is 4.78. The van der Waals surface area contributed by atoms with Crippen LogP contribution in [0.3, 0.4) is 0 Å². The molecule has 1 N–H and O–H groups in total. The summed E-state index contributed by atoms with van der Waals surface area (Å²) in [5, 5.41) is 7.36. The molecular formula is C20H29N5O. The summed E-state index contributed by atoms with van der Waals surface area (Å²) in [5.41, 5.74) is 6.36. The van der Waals surface area contributed by atoms with Crippen LogP contribution in [0, 0.1) is 13.8 Å². The van der Waals surface area contributed by atoms with Crippen LogP contribution in [0.25, 0.3) is 0 Å². The van der Waals surface area contributed by atoms with E-state index in [2.05, 4.69) is 41.3 Å². The van der Waals surface area contributed by atoms with Crippen molar-refractivity contribution < 1.29 is 4.79 Å². The van der Waals surface area contributed by atoms with Crippen molar-refractivity contribution >= 4 is 6.03 Å². The number of benzene rings is 1.